The first-order valence-corrected chi connectivity index (χ1v) is 11.7. The maximum absolute atomic E-state index is 9.91. The largest absolute Gasteiger partial charge is 0.508 e. The summed E-state index contributed by atoms with van der Waals surface area (Å²) in [7, 11) is 0. The van der Waals surface area contributed by atoms with Gasteiger partial charge >= 0.3 is 0 Å². The monoisotopic (exact) mass is 414 g/mol. The number of hydrogen-bond acceptors (Lipinski definition) is 3. The van der Waals surface area contributed by atoms with Crippen LogP contribution < -0.4 is 0 Å². The highest BCUT2D eigenvalue weighted by molar-refractivity contribution is 5.27. The summed E-state index contributed by atoms with van der Waals surface area (Å²) < 4.78 is 0. The lowest BCUT2D eigenvalue weighted by Crippen LogP contribution is -1.97. The zero-order valence-corrected chi connectivity index (χ0v) is 19.2. The van der Waals surface area contributed by atoms with Crippen LogP contribution in [0.15, 0.2) is 48.5 Å². The fourth-order valence-corrected chi connectivity index (χ4v) is 3.35. The van der Waals surface area contributed by atoms with E-state index in [1.807, 2.05) is 12.1 Å². The molecule has 168 valence electrons. The number of unbranched alkanes of at least 4 members (excludes halogenated alkanes) is 6. The Labute approximate surface area is 183 Å². The van der Waals surface area contributed by atoms with Gasteiger partial charge in [0, 0.05) is 0 Å². The molecular weight excluding hydrogens is 372 g/mol. The maximum atomic E-state index is 9.91. The van der Waals surface area contributed by atoms with E-state index in [-0.39, 0.29) is 18.0 Å². The zero-order valence-electron chi connectivity index (χ0n) is 19.2. The molecule has 3 heteroatoms. The Kier molecular flexibility index (Phi) is 13.9. The molecule has 2 atom stereocenters. The fraction of sp³-hybridized carbons (Fsp3) is 0.556. The molecule has 0 aliphatic carbocycles. The number of phenols is 1. The van der Waals surface area contributed by atoms with Gasteiger partial charge in [-0.3, -0.25) is 0 Å². The number of phenolic OH excluding ortho intramolecular Hbond substituents is 1. The minimum Gasteiger partial charge on any atom is -0.508 e. The van der Waals surface area contributed by atoms with Gasteiger partial charge in [-0.25, -0.2) is 0 Å². The molecule has 0 heterocycles. The number of aliphatic hydroxyl groups excluding tert-OH is 2. The minimum atomic E-state index is -0.387. The SMILES string of the molecule is CCCCCCC(O)c1ccc(C)cc1.CCCCCCC(O)c1ccc(O)cc1. The molecule has 0 fully saturated rings. The van der Waals surface area contributed by atoms with Gasteiger partial charge in [0.25, 0.3) is 0 Å². The van der Waals surface area contributed by atoms with Crippen LogP contribution in [-0.2, 0) is 0 Å². The van der Waals surface area contributed by atoms with Crippen LogP contribution in [0.3, 0.4) is 0 Å². The highest BCUT2D eigenvalue weighted by Crippen LogP contribution is 2.22. The standard InChI is InChI=1S/C14H22O.C13H20O2/c1-3-4-5-6-7-14(15)13-10-8-12(2)9-11-13;1-2-3-4-5-6-13(15)11-7-9-12(14)10-8-11/h8-11,14-15H,3-7H2,1-2H3;7-10,13-15H,2-6H2,1H3. The smallest absolute Gasteiger partial charge is 0.115 e. The Balaban J connectivity index is 0.000000300. The topological polar surface area (TPSA) is 60.7 Å². The highest BCUT2D eigenvalue weighted by atomic mass is 16.3. The number of rotatable bonds is 12. The van der Waals surface area contributed by atoms with Crippen LogP contribution in [0.1, 0.15) is 107 Å². The van der Waals surface area contributed by atoms with Crippen LogP contribution in [0.4, 0.5) is 0 Å². The van der Waals surface area contributed by atoms with Crippen LogP contribution in [0, 0.1) is 6.92 Å². The van der Waals surface area contributed by atoms with Gasteiger partial charge in [0.05, 0.1) is 12.2 Å². The van der Waals surface area contributed by atoms with E-state index in [1.165, 1.54) is 44.1 Å². The van der Waals surface area contributed by atoms with Crippen molar-refractivity contribution in [3.05, 3.63) is 65.2 Å². The molecule has 2 aromatic rings. The van der Waals surface area contributed by atoms with Crippen molar-refractivity contribution >= 4 is 0 Å². The van der Waals surface area contributed by atoms with Crippen molar-refractivity contribution in [2.75, 3.05) is 0 Å². The molecule has 3 nitrogen and oxygen atoms in total. The third kappa shape index (κ3) is 11.4. The Hall–Kier alpha value is -1.84. The van der Waals surface area contributed by atoms with Crippen LogP contribution in [-0.4, -0.2) is 15.3 Å². The van der Waals surface area contributed by atoms with Gasteiger partial charge in [-0.15, -0.1) is 0 Å². The summed E-state index contributed by atoms with van der Waals surface area (Å²) in [5.74, 6) is 0.247. The van der Waals surface area contributed by atoms with E-state index in [0.29, 0.717) is 0 Å². The van der Waals surface area contributed by atoms with Gasteiger partial charge in [-0.05, 0) is 43.0 Å². The molecule has 0 aromatic heterocycles. The second-order valence-electron chi connectivity index (χ2n) is 8.23. The summed E-state index contributed by atoms with van der Waals surface area (Å²) in [5, 5.41) is 28.8. The minimum absolute atomic E-state index is 0.247. The molecule has 0 amide bonds. The van der Waals surface area contributed by atoms with Crippen molar-refractivity contribution in [1.29, 1.82) is 0 Å². The van der Waals surface area contributed by atoms with Gasteiger partial charge in [0.15, 0.2) is 0 Å². The van der Waals surface area contributed by atoms with Gasteiger partial charge in [0.2, 0.25) is 0 Å². The zero-order chi connectivity index (χ0) is 22.2. The van der Waals surface area contributed by atoms with E-state index >= 15 is 0 Å². The first-order valence-electron chi connectivity index (χ1n) is 11.7. The molecule has 0 bridgehead atoms. The van der Waals surface area contributed by atoms with E-state index in [0.717, 1.165) is 36.8 Å². The van der Waals surface area contributed by atoms with E-state index in [9.17, 15) is 10.2 Å². The number of aliphatic hydroxyl groups is 2. The summed E-state index contributed by atoms with van der Waals surface area (Å²) in [6.45, 7) is 6.45. The van der Waals surface area contributed by atoms with Crippen LogP contribution in [0.25, 0.3) is 0 Å². The van der Waals surface area contributed by atoms with Gasteiger partial charge in [0.1, 0.15) is 5.75 Å². The van der Waals surface area contributed by atoms with E-state index < -0.39 is 0 Å². The van der Waals surface area contributed by atoms with E-state index in [4.69, 9.17) is 5.11 Å². The number of benzene rings is 2. The van der Waals surface area contributed by atoms with Crippen molar-refractivity contribution in [2.24, 2.45) is 0 Å². The molecule has 0 saturated carbocycles. The fourth-order valence-electron chi connectivity index (χ4n) is 3.35. The first-order chi connectivity index (χ1) is 14.5. The Morgan fingerprint density at radius 2 is 1.00 bits per heavy atom. The molecule has 0 spiro atoms. The Morgan fingerprint density at radius 1 is 0.600 bits per heavy atom. The first kappa shape index (κ1) is 26.2. The summed E-state index contributed by atoms with van der Waals surface area (Å²) in [6, 6.07) is 15.0. The second-order valence-corrected chi connectivity index (χ2v) is 8.23. The van der Waals surface area contributed by atoms with E-state index in [1.54, 1.807) is 24.3 Å². The van der Waals surface area contributed by atoms with Crippen molar-refractivity contribution in [2.45, 2.75) is 97.2 Å². The number of aryl methyl sites for hydroxylation is 1. The molecule has 0 aliphatic heterocycles. The predicted molar refractivity (Wildman–Crippen MR) is 127 cm³/mol. The van der Waals surface area contributed by atoms with Gasteiger partial charge < -0.3 is 15.3 Å². The number of hydrogen-bond donors (Lipinski definition) is 3. The van der Waals surface area contributed by atoms with Crippen LogP contribution >= 0.6 is 0 Å². The summed E-state index contributed by atoms with van der Waals surface area (Å²) >= 11 is 0. The van der Waals surface area contributed by atoms with Crippen LogP contribution in [0.5, 0.6) is 5.75 Å². The van der Waals surface area contributed by atoms with Gasteiger partial charge in [-0.1, -0.05) is 107 Å². The van der Waals surface area contributed by atoms with Crippen molar-refractivity contribution in [3.63, 3.8) is 0 Å². The molecule has 0 aliphatic rings. The lowest BCUT2D eigenvalue weighted by Gasteiger charge is -2.10. The molecule has 0 saturated heterocycles. The molecule has 2 aromatic carbocycles. The highest BCUT2D eigenvalue weighted by Gasteiger charge is 2.07. The van der Waals surface area contributed by atoms with Crippen LogP contribution in [0.2, 0.25) is 0 Å². The summed E-state index contributed by atoms with van der Waals surface area (Å²) in [5.41, 5.74) is 3.19. The Bertz CT molecular complexity index is 589. The van der Waals surface area contributed by atoms with Crippen molar-refractivity contribution in [3.8, 4) is 5.75 Å². The third-order valence-corrected chi connectivity index (χ3v) is 5.40. The average Bonchev–Trinajstić information content (AvgIpc) is 2.75. The molecule has 2 rings (SSSR count). The average molecular weight is 415 g/mol. The maximum Gasteiger partial charge on any atom is 0.115 e. The predicted octanol–water partition coefficient (Wildman–Crippen LogP) is 7.39. The normalized spacial score (nSPS) is 12.7. The lowest BCUT2D eigenvalue weighted by molar-refractivity contribution is 0.163. The summed E-state index contributed by atoms with van der Waals surface area (Å²) in [4.78, 5) is 0. The Morgan fingerprint density at radius 3 is 1.40 bits per heavy atom. The van der Waals surface area contributed by atoms with Crippen molar-refractivity contribution in [1.82, 2.24) is 0 Å². The lowest BCUT2D eigenvalue weighted by atomic mass is 10.0. The molecule has 3 N–H and O–H groups in total. The van der Waals surface area contributed by atoms with E-state index in [2.05, 4.69) is 32.9 Å². The quantitative estimate of drug-likeness (QED) is 0.317. The second kappa shape index (κ2) is 15.9. The molecule has 30 heavy (non-hydrogen) atoms. The van der Waals surface area contributed by atoms with Crippen molar-refractivity contribution < 1.29 is 15.3 Å². The molecule has 0 radical (unpaired) electrons. The van der Waals surface area contributed by atoms with Gasteiger partial charge in [-0.2, -0.15) is 0 Å². The molecule has 2 unspecified atom stereocenters. The molecular formula is C27H42O3. The summed E-state index contributed by atoms with van der Waals surface area (Å²) in [6.07, 6.45) is 10.6. The third-order valence-electron chi connectivity index (χ3n) is 5.40. The number of aromatic hydroxyl groups is 1.